The van der Waals surface area contributed by atoms with E-state index in [-0.39, 0.29) is 11.9 Å². The molecule has 2 aromatic rings. The number of hydrogen-bond acceptors (Lipinski definition) is 5. The van der Waals surface area contributed by atoms with Crippen LogP contribution in [0.3, 0.4) is 0 Å². The average molecular weight is 367 g/mol. The van der Waals surface area contributed by atoms with Crippen LogP contribution in [0.4, 0.5) is 13.2 Å². The highest BCUT2D eigenvalue weighted by molar-refractivity contribution is 5.55. The number of benzene rings is 1. The lowest BCUT2D eigenvalue weighted by atomic mass is 9.90. The normalized spacial score (nSPS) is 24.4. The van der Waals surface area contributed by atoms with E-state index in [0.29, 0.717) is 30.6 Å². The highest BCUT2D eigenvalue weighted by Crippen LogP contribution is 2.32. The summed E-state index contributed by atoms with van der Waals surface area (Å²) >= 11 is 0. The minimum absolute atomic E-state index is 0.180. The molecule has 1 aliphatic heterocycles. The number of morpholine rings is 1. The van der Waals surface area contributed by atoms with E-state index in [9.17, 15) is 13.2 Å². The van der Waals surface area contributed by atoms with Crippen LogP contribution in [0, 0.1) is 0 Å². The zero-order valence-electron chi connectivity index (χ0n) is 14.2. The maximum atomic E-state index is 12.9. The largest absolute Gasteiger partial charge is 0.416 e. The van der Waals surface area contributed by atoms with Crippen molar-refractivity contribution in [2.75, 3.05) is 13.2 Å². The van der Waals surface area contributed by atoms with Gasteiger partial charge in [-0.3, -0.25) is 4.90 Å². The zero-order valence-corrected chi connectivity index (χ0v) is 14.2. The topological polar surface area (TPSA) is 51.4 Å². The van der Waals surface area contributed by atoms with E-state index in [2.05, 4.69) is 15.0 Å². The van der Waals surface area contributed by atoms with Crippen LogP contribution < -0.4 is 0 Å². The first-order valence-electron chi connectivity index (χ1n) is 8.86. The van der Waals surface area contributed by atoms with Crippen molar-refractivity contribution in [3.05, 3.63) is 35.7 Å². The molecule has 26 heavy (non-hydrogen) atoms. The molecule has 8 heteroatoms. The first-order chi connectivity index (χ1) is 12.5. The number of ether oxygens (including phenoxy) is 1. The molecule has 0 amide bonds. The Bertz CT molecular complexity index is 760. The van der Waals surface area contributed by atoms with Gasteiger partial charge in [-0.15, -0.1) is 0 Å². The summed E-state index contributed by atoms with van der Waals surface area (Å²) in [6.45, 7) is 1.97. The molecule has 1 aromatic carbocycles. The maximum absolute atomic E-state index is 12.9. The standard InChI is InChI=1S/C18H20F3N3O2/c19-18(20,21)13-5-3-4-12(10-13)17-22-16(26-23-17)11-24-8-9-25-15-7-2-1-6-14(15)24/h3-5,10,14-15H,1-2,6-9,11H2/t14-,15+/m1/s1. The van der Waals surface area contributed by atoms with Crippen LogP contribution in [0.2, 0.25) is 0 Å². The SMILES string of the molecule is FC(F)(F)c1cccc(-c2noc(CN3CCO[C@H]4CCCC[C@H]43)n2)c1. The smallest absolute Gasteiger partial charge is 0.375 e. The van der Waals surface area contributed by atoms with Gasteiger partial charge in [0.05, 0.1) is 24.8 Å². The average Bonchev–Trinajstić information content (AvgIpc) is 3.10. The van der Waals surface area contributed by atoms with Crippen LogP contribution in [0.5, 0.6) is 0 Å². The summed E-state index contributed by atoms with van der Waals surface area (Å²) < 4.78 is 49.8. The molecule has 1 saturated carbocycles. The van der Waals surface area contributed by atoms with Gasteiger partial charge in [0, 0.05) is 18.2 Å². The molecule has 0 bridgehead atoms. The fraction of sp³-hybridized carbons (Fsp3) is 0.556. The fourth-order valence-corrected chi connectivity index (χ4v) is 3.82. The summed E-state index contributed by atoms with van der Waals surface area (Å²) in [7, 11) is 0. The third kappa shape index (κ3) is 3.61. The van der Waals surface area contributed by atoms with Gasteiger partial charge in [0.1, 0.15) is 0 Å². The van der Waals surface area contributed by atoms with Gasteiger partial charge in [-0.2, -0.15) is 18.2 Å². The van der Waals surface area contributed by atoms with Crippen molar-refractivity contribution in [1.82, 2.24) is 15.0 Å². The molecule has 2 fully saturated rings. The van der Waals surface area contributed by atoms with Crippen LogP contribution >= 0.6 is 0 Å². The Morgan fingerprint density at radius 2 is 2.04 bits per heavy atom. The number of halogens is 3. The minimum atomic E-state index is -4.40. The minimum Gasteiger partial charge on any atom is -0.375 e. The molecule has 2 atom stereocenters. The second kappa shape index (κ2) is 7.00. The Balaban J connectivity index is 1.50. The van der Waals surface area contributed by atoms with E-state index in [0.717, 1.165) is 31.5 Å². The van der Waals surface area contributed by atoms with Crippen LogP contribution in [0.25, 0.3) is 11.4 Å². The van der Waals surface area contributed by atoms with Crippen molar-refractivity contribution < 1.29 is 22.4 Å². The quantitative estimate of drug-likeness (QED) is 0.824. The van der Waals surface area contributed by atoms with Gasteiger partial charge in [-0.05, 0) is 25.0 Å². The van der Waals surface area contributed by atoms with Crippen molar-refractivity contribution in [3.8, 4) is 11.4 Å². The van der Waals surface area contributed by atoms with Gasteiger partial charge in [0.15, 0.2) is 0 Å². The van der Waals surface area contributed by atoms with Crippen LogP contribution in [0.15, 0.2) is 28.8 Å². The van der Waals surface area contributed by atoms with Gasteiger partial charge in [-0.1, -0.05) is 30.1 Å². The molecule has 1 aliphatic carbocycles. The summed E-state index contributed by atoms with van der Waals surface area (Å²) in [6.07, 6.45) is 0.380. The first-order valence-corrected chi connectivity index (χ1v) is 8.86. The molecule has 0 unspecified atom stereocenters. The first kappa shape index (κ1) is 17.5. The Morgan fingerprint density at radius 3 is 2.88 bits per heavy atom. The number of rotatable bonds is 3. The molecule has 0 spiro atoms. The molecule has 1 aromatic heterocycles. The summed E-state index contributed by atoms with van der Waals surface area (Å²) in [4.78, 5) is 6.60. The van der Waals surface area contributed by atoms with Crippen molar-refractivity contribution in [3.63, 3.8) is 0 Å². The number of fused-ring (bicyclic) bond motifs is 1. The van der Waals surface area contributed by atoms with E-state index in [1.807, 2.05) is 0 Å². The Morgan fingerprint density at radius 1 is 1.19 bits per heavy atom. The zero-order chi connectivity index (χ0) is 18.1. The molecule has 4 rings (SSSR count). The number of alkyl halides is 3. The van der Waals surface area contributed by atoms with Crippen LogP contribution in [0.1, 0.15) is 37.1 Å². The fourth-order valence-electron chi connectivity index (χ4n) is 3.82. The van der Waals surface area contributed by atoms with Gasteiger partial charge < -0.3 is 9.26 Å². The van der Waals surface area contributed by atoms with Crippen molar-refractivity contribution in [2.24, 2.45) is 0 Å². The maximum Gasteiger partial charge on any atom is 0.416 e. The molecular weight excluding hydrogens is 347 g/mol. The highest BCUT2D eigenvalue weighted by Gasteiger charge is 2.35. The molecule has 140 valence electrons. The monoisotopic (exact) mass is 367 g/mol. The third-order valence-corrected chi connectivity index (χ3v) is 5.10. The van der Waals surface area contributed by atoms with E-state index in [1.54, 1.807) is 6.07 Å². The molecular formula is C18H20F3N3O2. The highest BCUT2D eigenvalue weighted by atomic mass is 19.4. The molecule has 1 saturated heterocycles. The molecule has 2 heterocycles. The third-order valence-electron chi connectivity index (χ3n) is 5.10. The van der Waals surface area contributed by atoms with Crippen LogP contribution in [-0.4, -0.2) is 40.3 Å². The van der Waals surface area contributed by atoms with Gasteiger partial charge in [-0.25, -0.2) is 0 Å². The lowest BCUT2D eigenvalue weighted by Gasteiger charge is -2.43. The summed E-state index contributed by atoms with van der Waals surface area (Å²) in [5.74, 6) is 0.600. The number of hydrogen-bond donors (Lipinski definition) is 0. The lowest BCUT2D eigenvalue weighted by molar-refractivity contribution is -0.137. The van der Waals surface area contributed by atoms with Crippen LogP contribution in [-0.2, 0) is 17.5 Å². The van der Waals surface area contributed by atoms with Gasteiger partial charge in [0.25, 0.3) is 0 Å². The summed E-state index contributed by atoms with van der Waals surface area (Å²) in [6, 6.07) is 5.32. The van der Waals surface area contributed by atoms with Crippen molar-refractivity contribution >= 4 is 0 Å². The molecule has 0 N–H and O–H groups in total. The number of nitrogens with zero attached hydrogens (tertiary/aromatic N) is 3. The van der Waals surface area contributed by atoms with Gasteiger partial charge >= 0.3 is 6.18 Å². The molecule has 2 aliphatic rings. The Hall–Kier alpha value is -1.93. The predicted octanol–water partition coefficient (Wildman–Crippen LogP) is 3.90. The van der Waals surface area contributed by atoms with Crippen molar-refractivity contribution in [1.29, 1.82) is 0 Å². The Kier molecular flexibility index (Phi) is 4.71. The second-order valence-electron chi connectivity index (χ2n) is 6.82. The Labute approximate surface area is 149 Å². The van der Waals surface area contributed by atoms with Crippen molar-refractivity contribution in [2.45, 2.75) is 50.6 Å². The summed E-state index contributed by atoms with van der Waals surface area (Å²) in [5, 5.41) is 3.87. The van der Waals surface area contributed by atoms with E-state index < -0.39 is 11.7 Å². The summed E-state index contributed by atoms with van der Waals surface area (Å²) in [5.41, 5.74) is -0.424. The molecule has 0 radical (unpaired) electrons. The van der Waals surface area contributed by atoms with E-state index in [4.69, 9.17) is 9.26 Å². The second-order valence-corrected chi connectivity index (χ2v) is 6.82. The number of aromatic nitrogens is 2. The van der Waals surface area contributed by atoms with Gasteiger partial charge in [0.2, 0.25) is 11.7 Å². The van der Waals surface area contributed by atoms with E-state index in [1.165, 1.54) is 18.9 Å². The van der Waals surface area contributed by atoms with E-state index >= 15 is 0 Å². The predicted molar refractivity (Wildman–Crippen MR) is 87.1 cm³/mol. The lowest BCUT2D eigenvalue weighted by Crippen LogP contribution is -2.52. The molecule has 5 nitrogen and oxygen atoms in total.